The first-order valence-corrected chi connectivity index (χ1v) is 26.3. The highest BCUT2D eigenvalue weighted by Gasteiger charge is 2.38. The minimum Gasteiger partial charge on any atom is -0.0616 e. The van der Waals surface area contributed by atoms with Gasteiger partial charge >= 0.3 is 0 Å². The minimum absolute atomic E-state index is 0.151. The highest BCUT2D eigenvalue weighted by Crippen LogP contribution is 2.54. The number of rotatable bonds is 5. The molecule has 0 bridgehead atoms. The predicted molar refractivity (Wildman–Crippen MR) is 314 cm³/mol. The highest BCUT2D eigenvalue weighted by molar-refractivity contribution is 6.25. The molecule has 0 aromatic heterocycles. The van der Waals surface area contributed by atoms with Crippen molar-refractivity contribution in [1.29, 1.82) is 0 Å². The maximum Gasteiger partial charge on any atom is 0.0159 e. The molecular weight excluding hydrogens is 889 g/mol. The third-order valence-corrected chi connectivity index (χ3v) is 17.8. The van der Waals surface area contributed by atoms with E-state index in [1.165, 1.54) is 165 Å². The molecule has 0 heterocycles. The molecule has 0 nitrogen and oxygen atoms in total. The summed E-state index contributed by atoms with van der Waals surface area (Å²) in [6, 6.07) is 87.7. The topological polar surface area (TPSA) is 0 Å². The van der Waals surface area contributed by atoms with E-state index in [0.717, 1.165) is 0 Å². The van der Waals surface area contributed by atoms with Crippen LogP contribution in [0.1, 0.15) is 49.9 Å². The number of benzene rings is 13. The van der Waals surface area contributed by atoms with Gasteiger partial charge in [0.1, 0.15) is 0 Å². The van der Waals surface area contributed by atoms with Crippen molar-refractivity contribution >= 4 is 43.1 Å². The van der Waals surface area contributed by atoms with Gasteiger partial charge in [0.2, 0.25) is 0 Å². The second kappa shape index (κ2) is 14.9. The molecule has 0 radical (unpaired) electrons. The lowest BCUT2D eigenvalue weighted by Crippen LogP contribution is -2.15. The van der Waals surface area contributed by atoms with Gasteiger partial charge in [-0.3, -0.25) is 0 Å². The molecule has 346 valence electrons. The Morgan fingerprint density at radius 3 is 1.03 bits per heavy atom. The SMILES string of the molecule is CC1(C)c2cc(-c3ccc(-c4ccc5c6c(cccc46)-c4ccccc4-5)cc3)ccc2-c2ccc(-c3ccc4c(c3)C(C)(C)c3cc(-c5ccc(-c6ccc7ccc8cccc9ccc6c7c89)cc5)ccc3-4)cc21. The standard InChI is InChI=1S/C74H50/c1-73(2)66-39-50(43-15-19-45(20-16-43)54-31-25-49-24-23-47-9-7-10-48-26-36-64(54)71(49)70(47)48)27-32-58(66)60-34-29-52(41-68(60)73)53-30-35-61-59-33-28-51(40-67(59)74(3,4)69(61)42-53)44-17-21-46(22-18-44)55-37-38-65-57-12-6-5-11-56(57)63-14-8-13-62(55)72(63)65/h5-42H,1-4H3. The molecule has 16 rings (SSSR count). The lowest BCUT2D eigenvalue weighted by molar-refractivity contribution is 0.660. The second-order valence-corrected chi connectivity index (χ2v) is 22.3. The van der Waals surface area contributed by atoms with Crippen molar-refractivity contribution in [2.45, 2.75) is 38.5 Å². The van der Waals surface area contributed by atoms with Gasteiger partial charge in [-0.1, -0.05) is 234 Å². The van der Waals surface area contributed by atoms with Gasteiger partial charge in [-0.05, 0) is 190 Å². The zero-order valence-corrected chi connectivity index (χ0v) is 41.9. The Bertz CT molecular complexity index is 4510. The zero-order valence-electron chi connectivity index (χ0n) is 41.9. The normalized spacial score (nSPS) is 14.2. The van der Waals surface area contributed by atoms with E-state index in [1.54, 1.807) is 0 Å². The predicted octanol–water partition coefficient (Wildman–Crippen LogP) is 20.3. The Kier molecular flexibility index (Phi) is 8.39. The lowest BCUT2D eigenvalue weighted by atomic mass is 9.79. The van der Waals surface area contributed by atoms with E-state index >= 15 is 0 Å². The average Bonchev–Trinajstić information content (AvgIpc) is 4.02. The Labute approximate surface area is 432 Å². The summed E-state index contributed by atoms with van der Waals surface area (Å²) in [6.45, 7) is 9.62. The smallest absolute Gasteiger partial charge is 0.0159 e. The van der Waals surface area contributed by atoms with Crippen molar-refractivity contribution in [2.24, 2.45) is 0 Å². The van der Waals surface area contributed by atoms with Crippen LogP contribution < -0.4 is 0 Å². The van der Waals surface area contributed by atoms with Crippen LogP contribution in [0.25, 0.3) is 143 Å². The van der Waals surface area contributed by atoms with Gasteiger partial charge in [0.05, 0.1) is 0 Å². The molecule has 0 aliphatic heterocycles. The Morgan fingerprint density at radius 2 is 0.527 bits per heavy atom. The van der Waals surface area contributed by atoms with E-state index in [0.29, 0.717) is 0 Å². The van der Waals surface area contributed by atoms with Gasteiger partial charge in [0.25, 0.3) is 0 Å². The molecule has 0 unspecified atom stereocenters. The molecule has 0 N–H and O–H groups in total. The molecule has 3 aliphatic carbocycles. The van der Waals surface area contributed by atoms with Crippen LogP contribution >= 0.6 is 0 Å². The minimum atomic E-state index is -0.152. The van der Waals surface area contributed by atoms with E-state index in [1.807, 2.05) is 0 Å². The Hall–Kier alpha value is -8.84. The quantitative estimate of drug-likeness (QED) is 0.151. The first-order chi connectivity index (χ1) is 36.2. The van der Waals surface area contributed by atoms with Gasteiger partial charge in [0.15, 0.2) is 0 Å². The van der Waals surface area contributed by atoms with Crippen molar-refractivity contribution in [3.05, 3.63) is 253 Å². The van der Waals surface area contributed by atoms with Crippen LogP contribution in [0.2, 0.25) is 0 Å². The fourth-order valence-electron chi connectivity index (χ4n) is 13.9. The zero-order chi connectivity index (χ0) is 49.2. The van der Waals surface area contributed by atoms with Crippen molar-refractivity contribution in [3.63, 3.8) is 0 Å². The number of hydrogen-bond donors (Lipinski definition) is 0. The van der Waals surface area contributed by atoms with Crippen LogP contribution in [0.4, 0.5) is 0 Å². The molecule has 0 spiro atoms. The first kappa shape index (κ1) is 41.7. The van der Waals surface area contributed by atoms with Crippen LogP contribution in [0.15, 0.2) is 231 Å². The average molecular weight is 939 g/mol. The molecule has 0 atom stereocenters. The summed E-state index contributed by atoms with van der Waals surface area (Å²) in [5, 5.41) is 10.6. The van der Waals surface area contributed by atoms with Crippen LogP contribution in [0, 0.1) is 0 Å². The summed E-state index contributed by atoms with van der Waals surface area (Å²) in [6.07, 6.45) is 0. The first-order valence-electron chi connectivity index (χ1n) is 26.3. The van der Waals surface area contributed by atoms with Crippen molar-refractivity contribution < 1.29 is 0 Å². The van der Waals surface area contributed by atoms with Crippen LogP contribution in [0.3, 0.4) is 0 Å². The second-order valence-electron chi connectivity index (χ2n) is 22.3. The highest BCUT2D eigenvalue weighted by atomic mass is 14.4. The van der Waals surface area contributed by atoms with E-state index in [2.05, 4.69) is 258 Å². The summed E-state index contributed by atoms with van der Waals surface area (Å²) in [5.41, 5.74) is 28.6. The summed E-state index contributed by atoms with van der Waals surface area (Å²) >= 11 is 0. The van der Waals surface area contributed by atoms with Crippen LogP contribution in [-0.4, -0.2) is 0 Å². The van der Waals surface area contributed by atoms with E-state index in [4.69, 9.17) is 0 Å². The van der Waals surface area contributed by atoms with E-state index in [-0.39, 0.29) is 10.8 Å². The van der Waals surface area contributed by atoms with Crippen molar-refractivity contribution in [2.75, 3.05) is 0 Å². The summed E-state index contributed by atoms with van der Waals surface area (Å²) in [5.74, 6) is 0. The third kappa shape index (κ3) is 5.74. The van der Waals surface area contributed by atoms with Crippen LogP contribution in [-0.2, 0) is 10.8 Å². The van der Waals surface area contributed by atoms with Crippen molar-refractivity contribution in [3.8, 4) is 100 Å². The monoisotopic (exact) mass is 938 g/mol. The summed E-state index contributed by atoms with van der Waals surface area (Å²) in [4.78, 5) is 0. The third-order valence-electron chi connectivity index (χ3n) is 17.8. The molecule has 3 aliphatic rings. The number of fused-ring (bicyclic) bond motifs is 9. The van der Waals surface area contributed by atoms with Gasteiger partial charge in [-0.2, -0.15) is 0 Å². The molecule has 74 heavy (non-hydrogen) atoms. The largest absolute Gasteiger partial charge is 0.0616 e. The maximum atomic E-state index is 2.47. The summed E-state index contributed by atoms with van der Waals surface area (Å²) < 4.78 is 0. The molecule has 0 amide bonds. The lowest BCUT2D eigenvalue weighted by Gasteiger charge is -2.24. The van der Waals surface area contributed by atoms with Gasteiger partial charge in [-0.25, -0.2) is 0 Å². The molecule has 0 heteroatoms. The fraction of sp³-hybridized carbons (Fsp3) is 0.0811. The van der Waals surface area contributed by atoms with Crippen LogP contribution in [0.5, 0.6) is 0 Å². The molecule has 0 fully saturated rings. The van der Waals surface area contributed by atoms with E-state index < -0.39 is 0 Å². The number of hydrogen-bond acceptors (Lipinski definition) is 0. The maximum absolute atomic E-state index is 2.47. The fourth-order valence-corrected chi connectivity index (χ4v) is 13.9. The van der Waals surface area contributed by atoms with Gasteiger partial charge in [-0.15, -0.1) is 0 Å². The molecular formula is C74H50. The van der Waals surface area contributed by atoms with Crippen molar-refractivity contribution in [1.82, 2.24) is 0 Å². The van der Waals surface area contributed by atoms with E-state index in [9.17, 15) is 0 Å². The van der Waals surface area contributed by atoms with Gasteiger partial charge < -0.3 is 0 Å². The molecule has 13 aromatic rings. The summed E-state index contributed by atoms with van der Waals surface area (Å²) in [7, 11) is 0. The Balaban J connectivity index is 0.673. The Morgan fingerprint density at radius 1 is 0.203 bits per heavy atom. The molecule has 0 saturated carbocycles. The molecule has 0 saturated heterocycles. The van der Waals surface area contributed by atoms with Gasteiger partial charge in [0, 0.05) is 10.8 Å². The molecule has 13 aromatic carbocycles.